The number of ether oxygens (including phenoxy) is 1. The van der Waals surface area contributed by atoms with E-state index in [1.807, 2.05) is 0 Å². The Morgan fingerprint density at radius 1 is 1.36 bits per heavy atom. The van der Waals surface area contributed by atoms with Crippen molar-refractivity contribution in [1.82, 2.24) is 9.97 Å². The van der Waals surface area contributed by atoms with Crippen LogP contribution in [-0.4, -0.2) is 16.6 Å². The summed E-state index contributed by atoms with van der Waals surface area (Å²) in [6, 6.07) is 0. The number of hydrogen-bond donors (Lipinski definition) is 1. The second kappa shape index (κ2) is 2.92. The van der Waals surface area contributed by atoms with Crippen molar-refractivity contribution in [3.8, 4) is 5.88 Å². The lowest BCUT2D eigenvalue weighted by Crippen LogP contribution is -2.07. The van der Waals surface area contributed by atoms with Gasteiger partial charge in [-0.2, -0.15) is 4.98 Å². The summed E-state index contributed by atoms with van der Waals surface area (Å²) >= 11 is 0. The minimum absolute atomic E-state index is 0.399. The third-order valence-corrected chi connectivity index (χ3v) is 2.78. The van der Waals surface area contributed by atoms with Crippen molar-refractivity contribution in [2.75, 3.05) is 6.61 Å². The third-order valence-electron chi connectivity index (χ3n) is 2.78. The van der Waals surface area contributed by atoms with Gasteiger partial charge < -0.3 is 10.5 Å². The van der Waals surface area contributed by atoms with Crippen LogP contribution >= 0.6 is 0 Å². The lowest BCUT2D eigenvalue weighted by atomic mass is 10.1. The molecule has 2 aliphatic rings. The molecule has 1 aliphatic carbocycles. The Morgan fingerprint density at radius 2 is 2.21 bits per heavy atom. The number of nitrogens with two attached hydrogens (primary N) is 1. The second-order valence-electron chi connectivity index (χ2n) is 3.89. The Balaban J connectivity index is 2.11. The van der Waals surface area contributed by atoms with E-state index in [0.717, 1.165) is 18.9 Å². The molecule has 1 aliphatic heterocycles. The molecule has 1 aromatic rings. The van der Waals surface area contributed by atoms with Gasteiger partial charge in [0, 0.05) is 17.9 Å². The van der Waals surface area contributed by atoms with E-state index in [4.69, 9.17) is 10.5 Å². The molecule has 0 amide bonds. The molecule has 0 saturated heterocycles. The Hall–Kier alpha value is -1.16. The molecule has 1 fully saturated rings. The number of nitrogens with zero attached hydrogens (tertiary/aromatic N) is 2. The van der Waals surface area contributed by atoms with Gasteiger partial charge >= 0.3 is 0 Å². The van der Waals surface area contributed by atoms with Gasteiger partial charge in [-0.1, -0.05) is 0 Å². The van der Waals surface area contributed by atoms with Crippen molar-refractivity contribution in [1.29, 1.82) is 0 Å². The van der Waals surface area contributed by atoms with Gasteiger partial charge in [-0.15, -0.1) is 0 Å². The normalized spacial score (nSPS) is 19.2. The number of fused-ring (bicyclic) bond motifs is 1. The molecule has 0 aromatic carbocycles. The predicted molar refractivity (Wildman–Crippen MR) is 51.1 cm³/mol. The fourth-order valence-electron chi connectivity index (χ4n) is 1.92. The summed E-state index contributed by atoms with van der Waals surface area (Å²) in [7, 11) is 0. The zero-order valence-electron chi connectivity index (χ0n) is 7.99. The summed E-state index contributed by atoms with van der Waals surface area (Å²) in [5.41, 5.74) is 7.98. The summed E-state index contributed by atoms with van der Waals surface area (Å²) in [4.78, 5) is 8.79. The van der Waals surface area contributed by atoms with Crippen molar-refractivity contribution in [2.45, 2.75) is 31.7 Å². The molecule has 0 atom stereocenters. The van der Waals surface area contributed by atoms with Gasteiger partial charge in [0.15, 0.2) is 0 Å². The molecule has 4 heteroatoms. The maximum absolute atomic E-state index is 5.55. The zero-order valence-corrected chi connectivity index (χ0v) is 7.99. The van der Waals surface area contributed by atoms with Crippen molar-refractivity contribution >= 4 is 0 Å². The fourth-order valence-corrected chi connectivity index (χ4v) is 1.92. The van der Waals surface area contributed by atoms with Crippen LogP contribution in [0.25, 0.3) is 0 Å². The van der Waals surface area contributed by atoms with Crippen LogP contribution < -0.4 is 10.5 Å². The summed E-state index contributed by atoms with van der Waals surface area (Å²) in [6.45, 7) is 1.15. The summed E-state index contributed by atoms with van der Waals surface area (Å²) in [5.74, 6) is 2.15. The molecule has 14 heavy (non-hydrogen) atoms. The zero-order chi connectivity index (χ0) is 9.54. The maximum atomic E-state index is 5.55. The quantitative estimate of drug-likeness (QED) is 0.749. The minimum Gasteiger partial charge on any atom is -0.477 e. The van der Waals surface area contributed by atoms with Gasteiger partial charge in [-0.25, -0.2) is 4.98 Å². The molecule has 0 spiro atoms. The standard InChI is InChI=1S/C10H13N3O/c11-5-8-12-9(6-1-2-6)7-3-4-14-10(7)13-8/h6H,1-5,11H2. The molecule has 0 bridgehead atoms. The molecule has 3 rings (SSSR count). The van der Waals surface area contributed by atoms with Crippen LogP contribution in [0.1, 0.15) is 35.8 Å². The molecule has 0 radical (unpaired) electrons. The van der Waals surface area contributed by atoms with Crippen molar-refractivity contribution in [3.05, 3.63) is 17.1 Å². The smallest absolute Gasteiger partial charge is 0.220 e. The van der Waals surface area contributed by atoms with E-state index < -0.39 is 0 Å². The molecule has 2 heterocycles. The van der Waals surface area contributed by atoms with E-state index in [1.54, 1.807) is 0 Å². The van der Waals surface area contributed by atoms with Crippen LogP contribution in [0.4, 0.5) is 0 Å². The largest absolute Gasteiger partial charge is 0.477 e. The average Bonchev–Trinajstić information content (AvgIpc) is 2.95. The minimum atomic E-state index is 0.399. The highest BCUT2D eigenvalue weighted by Gasteiger charge is 2.31. The number of rotatable bonds is 2. The molecule has 1 saturated carbocycles. The molecular formula is C10H13N3O. The first-order valence-electron chi connectivity index (χ1n) is 5.11. The van der Waals surface area contributed by atoms with E-state index >= 15 is 0 Å². The van der Waals surface area contributed by atoms with E-state index in [0.29, 0.717) is 18.3 Å². The van der Waals surface area contributed by atoms with Gasteiger partial charge in [0.1, 0.15) is 5.82 Å². The second-order valence-corrected chi connectivity index (χ2v) is 3.89. The van der Waals surface area contributed by atoms with Crippen LogP contribution in [0, 0.1) is 0 Å². The van der Waals surface area contributed by atoms with Crippen molar-refractivity contribution in [3.63, 3.8) is 0 Å². The van der Waals surface area contributed by atoms with Crippen LogP contribution in [-0.2, 0) is 13.0 Å². The van der Waals surface area contributed by atoms with E-state index in [2.05, 4.69) is 9.97 Å². The van der Waals surface area contributed by atoms with Crippen LogP contribution in [0.15, 0.2) is 0 Å². The predicted octanol–water partition coefficient (Wildman–Crippen LogP) is 0.748. The third kappa shape index (κ3) is 1.18. The lowest BCUT2D eigenvalue weighted by Gasteiger charge is -2.06. The Kier molecular flexibility index (Phi) is 1.70. The molecule has 74 valence electrons. The van der Waals surface area contributed by atoms with Crippen molar-refractivity contribution in [2.24, 2.45) is 5.73 Å². The molecular weight excluding hydrogens is 178 g/mol. The highest BCUT2D eigenvalue weighted by Crippen LogP contribution is 2.43. The Bertz CT molecular complexity index is 374. The first-order valence-corrected chi connectivity index (χ1v) is 5.11. The van der Waals surface area contributed by atoms with E-state index in [-0.39, 0.29) is 0 Å². The maximum Gasteiger partial charge on any atom is 0.220 e. The molecule has 2 N–H and O–H groups in total. The summed E-state index contributed by atoms with van der Waals surface area (Å²) < 4.78 is 5.45. The van der Waals surface area contributed by atoms with E-state index in [1.165, 1.54) is 24.1 Å². The SMILES string of the molecule is NCc1nc2c(c(C3CC3)n1)CCO2. The summed E-state index contributed by atoms with van der Waals surface area (Å²) in [6.07, 6.45) is 3.48. The van der Waals surface area contributed by atoms with Crippen LogP contribution in [0.3, 0.4) is 0 Å². The highest BCUT2D eigenvalue weighted by atomic mass is 16.5. The number of aromatic nitrogens is 2. The molecule has 0 unspecified atom stereocenters. The number of hydrogen-bond acceptors (Lipinski definition) is 4. The highest BCUT2D eigenvalue weighted by molar-refractivity contribution is 5.37. The topological polar surface area (TPSA) is 61.0 Å². The first kappa shape index (κ1) is 8.17. The van der Waals surface area contributed by atoms with Gasteiger partial charge in [0.2, 0.25) is 5.88 Å². The Morgan fingerprint density at radius 3 is 2.93 bits per heavy atom. The molecule has 4 nitrogen and oxygen atoms in total. The summed E-state index contributed by atoms with van der Waals surface area (Å²) in [5, 5.41) is 0. The molecule has 1 aromatic heterocycles. The van der Waals surface area contributed by atoms with Gasteiger partial charge in [0.05, 0.1) is 18.8 Å². The average molecular weight is 191 g/mol. The van der Waals surface area contributed by atoms with Gasteiger partial charge in [-0.05, 0) is 12.8 Å². The van der Waals surface area contributed by atoms with Crippen LogP contribution in [0.2, 0.25) is 0 Å². The Labute approximate surface area is 82.5 Å². The van der Waals surface area contributed by atoms with Gasteiger partial charge in [0.25, 0.3) is 0 Å². The van der Waals surface area contributed by atoms with E-state index in [9.17, 15) is 0 Å². The lowest BCUT2D eigenvalue weighted by molar-refractivity contribution is 0.343. The van der Waals surface area contributed by atoms with Gasteiger partial charge in [-0.3, -0.25) is 0 Å². The monoisotopic (exact) mass is 191 g/mol. The first-order chi connectivity index (χ1) is 6.88. The fraction of sp³-hybridized carbons (Fsp3) is 0.600. The van der Waals surface area contributed by atoms with Crippen LogP contribution in [0.5, 0.6) is 5.88 Å². The van der Waals surface area contributed by atoms with Crippen molar-refractivity contribution < 1.29 is 4.74 Å².